The van der Waals surface area contributed by atoms with Crippen LogP contribution in [0.25, 0.3) is 0 Å². The first-order valence-electron chi connectivity index (χ1n) is 6.78. The summed E-state index contributed by atoms with van der Waals surface area (Å²) < 4.78 is 14.1. The van der Waals surface area contributed by atoms with Crippen molar-refractivity contribution >= 4 is 17.5 Å². The van der Waals surface area contributed by atoms with Crippen molar-refractivity contribution in [3.8, 4) is 0 Å². The number of carbonyl (C=O) groups is 1. The first-order chi connectivity index (χ1) is 10.2. The van der Waals surface area contributed by atoms with Gasteiger partial charge in [-0.15, -0.1) is 0 Å². The normalized spacial score (nSPS) is 18.8. The Hall–Kier alpha value is -1.95. The number of rotatable bonds is 2. The second kappa shape index (κ2) is 5.81. The van der Waals surface area contributed by atoms with E-state index in [1.165, 1.54) is 18.5 Å². The summed E-state index contributed by atoms with van der Waals surface area (Å²) in [7, 11) is 0. The molecular formula is C14H14ClFN4O. The summed E-state index contributed by atoms with van der Waals surface area (Å²) in [5.41, 5.74) is -0.00563. The molecule has 0 spiro atoms. The topological polar surface area (TPSA) is 61.9 Å². The molecule has 0 saturated carbocycles. The van der Waals surface area contributed by atoms with Crippen LogP contribution in [-0.2, 0) is 0 Å². The molecule has 110 valence electrons. The zero-order chi connectivity index (χ0) is 14.8. The van der Waals surface area contributed by atoms with Gasteiger partial charge in [-0.25, -0.2) is 9.37 Å². The molecule has 1 N–H and O–H groups in total. The van der Waals surface area contributed by atoms with Gasteiger partial charge in [-0.1, -0.05) is 17.7 Å². The monoisotopic (exact) mass is 308 g/mol. The van der Waals surface area contributed by atoms with Crippen LogP contribution in [0.3, 0.4) is 0 Å². The van der Waals surface area contributed by atoms with Crippen molar-refractivity contribution in [1.29, 1.82) is 0 Å². The number of aromatic amines is 1. The molecule has 1 aromatic heterocycles. The second-order valence-corrected chi connectivity index (χ2v) is 5.39. The Morgan fingerprint density at radius 2 is 2.29 bits per heavy atom. The summed E-state index contributed by atoms with van der Waals surface area (Å²) >= 11 is 5.76. The van der Waals surface area contributed by atoms with Crippen LogP contribution in [0, 0.1) is 5.82 Å². The number of hydrogen-bond donors (Lipinski definition) is 1. The number of likely N-dealkylation sites (tertiary alicyclic amines) is 1. The summed E-state index contributed by atoms with van der Waals surface area (Å²) in [5.74, 6) is -0.410. The van der Waals surface area contributed by atoms with E-state index in [1.54, 1.807) is 11.0 Å². The lowest BCUT2D eigenvalue weighted by Crippen LogP contribution is -2.39. The van der Waals surface area contributed by atoms with Gasteiger partial charge in [0.1, 0.15) is 12.2 Å². The fraction of sp³-hybridized carbons (Fsp3) is 0.357. The quantitative estimate of drug-likeness (QED) is 0.927. The predicted octanol–water partition coefficient (Wildman–Crippen LogP) is 2.96. The Morgan fingerprint density at radius 3 is 3.05 bits per heavy atom. The maximum atomic E-state index is 14.1. The van der Waals surface area contributed by atoms with Gasteiger partial charge in [-0.05, 0) is 31.4 Å². The van der Waals surface area contributed by atoms with E-state index in [0.717, 1.165) is 19.3 Å². The lowest BCUT2D eigenvalue weighted by Gasteiger charge is -2.34. The number of nitrogens with one attached hydrogen (secondary N) is 1. The van der Waals surface area contributed by atoms with E-state index < -0.39 is 5.82 Å². The lowest BCUT2D eigenvalue weighted by atomic mass is 10.00. The minimum Gasteiger partial charge on any atom is -0.328 e. The van der Waals surface area contributed by atoms with Gasteiger partial charge in [-0.3, -0.25) is 9.89 Å². The molecule has 1 aliphatic rings. The highest BCUT2D eigenvalue weighted by molar-refractivity contribution is 6.31. The first kappa shape index (κ1) is 14.0. The molecule has 1 saturated heterocycles. The van der Waals surface area contributed by atoms with Crippen LogP contribution < -0.4 is 0 Å². The number of halogens is 2. The third kappa shape index (κ3) is 2.63. The fourth-order valence-electron chi connectivity index (χ4n) is 2.66. The molecule has 0 aliphatic carbocycles. The Kier molecular flexibility index (Phi) is 3.88. The molecule has 1 atom stereocenters. The maximum absolute atomic E-state index is 14.1. The number of hydrogen-bond acceptors (Lipinski definition) is 3. The largest absolute Gasteiger partial charge is 0.328 e. The first-order valence-corrected chi connectivity index (χ1v) is 7.16. The van der Waals surface area contributed by atoms with Gasteiger partial charge in [0, 0.05) is 6.54 Å². The molecule has 0 bridgehead atoms. The molecule has 3 rings (SSSR count). The van der Waals surface area contributed by atoms with Crippen LogP contribution >= 0.6 is 11.6 Å². The number of piperidine rings is 1. The molecule has 1 amide bonds. The highest BCUT2D eigenvalue weighted by atomic mass is 35.5. The van der Waals surface area contributed by atoms with E-state index in [4.69, 9.17) is 11.6 Å². The van der Waals surface area contributed by atoms with E-state index in [2.05, 4.69) is 15.2 Å². The summed E-state index contributed by atoms with van der Waals surface area (Å²) in [6.07, 6.45) is 4.07. The molecule has 0 radical (unpaired) electrons. The van der Waals surface area contributed by atoms with Crippen molar-refractivity contribution in [2.75, 3.05) is 6.54 Å². The van der Waals surface area contributed by atoms with Crippen LogP contribution in [0.4, 0.5) is 4.39 Å². The average Bonchev–Trinajstić information content (AvgIpc) is 3.03. The number of nitrogens with zero attached hydrogens (tertiary/aromatic N) is 3. The van der Waals surface area contributed by atoms with Gasteiger partial charge in [0.05, 0.1) is 16.6 Å². The molecule has 0 unspecified atom stereocenters. The number of carbonyl (C=O) groups excluding carboxylic acids is 1. The standard InChI is InChI=1S/C14H14ClFN4O/c15-10-5-3-4-9(12(10)16)14(21)20-7-2-1-6-11(20)13-17-8-18-19-13/h3-5,8,11H,1-2,6-7H2,(H,17,18,19)/t11-/m1/s1. The van der Waals surface area contributed by atoms with Crippen LogP contribution in [0.1, 0.15) is 41.5 Å². The molecule has 7 heteroatoms. The zero-order valence-corrected chi connectivity index (χ0v) is 12.0. The van der Waals surface area contributed by atoms with Crippen LogP contribution in [0.2, 0.25) is 5.02 Å². The Labute approximate surface area is 126 Å². The molecule has 2 aromatic rings. The predicted molar refractivity (Wildman–Crippen MR) is 75.4 cm³/mol. The minimum absolute atomic E-state index is 0.00563. The van der Waals surface area contributed by atoms with Gasteiger partial charge >= 0.3 is 0 Å². The van der Waals surface area contributed by atoms with Gasteiger partial charge in [0.25, 0.3) is 5.91 Å². The van der Waals surface area contributed by atoms with E-state index in [0.29, 0.717) is 12.4 Å². The van der Waals surface area contributed by atoms with Crippen molar-refractivity contribution in [1.82, 2.24) is 20.1 Å². The van der Waals surface area contributed by atoms with Crippen molar-refractivity contribution in [3.63, 3.8) is 0 Å². The van der Waals surface area contributed by atoms with E-state index in [1.807, 2.05) is 0 Å². The molecule has 1 fully saturated rings. The third-order valence-electron chi connectivity index (χ3n) is 3.69. The van der Waals surface area contributed by atoms with E-state index in [9.17, 15) is 9.18 Å². The van der Waals surface area contributed by atoms with Crippen molar-refractivity contribution < 1.29 is 9.18 Å². The highest BCUT2D eigenvalue weighted by Gasteiger charge is 2.31. The van der Waals surface area contributed by atoms with Crippen LogP contribution in [-0.4, -0.2) is 32.5 Å². The molecule has 1 aromatic carbocycles. The fourth-order valence-corrected chi connectivity index (χ4v) is 2.83. The number of benzene rings is 1. The number of H-pyrrole nitrogens is 1. The van der Waals surface area contributed by atoms with Crippen molar-refractivity contribution in [2.45, 2.75) is 25.3 Å². The van der Waals surface area contributed by atoms with Crippen LogP contribution in [0.15, 0.2) is 24.5 Å². The van der Waals surface area contributed by atoms with Gasteiger partial charge in [-0.2, -0.15) is 5.10 Å². The maximum Gasteiger partial charge on any atom is 0.257 e. The zero-order valence-electron chi connectivity index (χ0n) is 11.2. The molecule has 5 nitrogen and oxygen atoms in total. The summed E-state index contributed by atoms with van der Waals surface area (Å²) in [6, 6.07) is 4.26. The third-order valence-corrected chi connectivity index (χ3v) is 3.99. The van der Waals surface area contributed by atoms with Crippen LogP contribution in [0.5, 0.6) is 0 Å². The van der Waals surface area contributed by atoms with Crippen molar-refractivity contribution in [3.05, 3.63) is 46.8 Å². The SMILES string of the molecule is O=C(c1cccc(Cl)c1F)N1CCCC[C@@H]1c1ncn[nH]1. The molecule has 21 heavy (non-hydrogen) atoms. The van der Waals surface area contributed by atoms with E-state index in [-0.39, 0.29) is 22.5 Å². The average molecular weight is 309 g/mol. The summed E-state index contributed by atoms with van der Waals surface area (Å²) in [4.78, 5) is 18.4. The molecule has 1 aliphatic heterocycles. The lowest BCUT2D eigenvalue weighted by molar-refractivity contribution is 0.0595. The van der Waals surface area contributed by atoms with Gasteiger partial charge in [0.15, 0.2) is 5.82 Å². The van der Waals surface area contributed by atoms with Gasteiger partial charge in [0.2, 0.25) is 0 Å². The van der Waals surface area contributed by atoms with Crippen molar-refractivity contribution in [2.24, 2.45) is 0 Å². The molecular weight excluding hydrogens is 295 g/mol. The highest BCUT2D eigenvalue weighted by Crippen LogP contribution is 2.31. The van der Waals surface area contributed by atoms with E-state index >= 15 is 0 Å². The Balaban J connectivity index is 1.93. The minimum atomic E-state index is -0.675. The molecule has 2 heterocycles. The Bertz CT molecular complexity index is 646. The number of aromatic nitrogens is 3. The number of amides is 1. The Morgan fingerprint density at radius 1 is 1.43 bits per heavy atom. The smallest absolute Gasteiger partial charge is 0.257 e. The van der Waals surface area contributed by atoms with Gasteiger partial charge < -0.3 is 4.90 Å². The summed E-state index contributed by atoms with van der Waals surface area (Å²) in [6.45, 7) is 0.566. The summed E-state index contributed by atoms with van der Waals surface area (Å²) in [5, 5.41) is 6.57. The second-order valence-electron chi connectivity index (χ2n) is 4.98.